The number of piperidine rings is 1. The van der Waals surface area contributed by atoms with Crippen molar-refractivity contribution < 1.29 is 14.3 Å². The summed E-state index contributed by atoms with van der Waals surface area (Å²) in [5.41, 5.74) is 0.859. The third-order valence-electron chi connectivity index (χ3n) is 5.13. The second kappa shape index (κ2) is 8.27. The number of carbonyl (C=O) groups excluding carboxylic acids is 1. The highest BCUT2D eigenvalue weighted by atomic mass is 16.6. The molecule has 0 aromatic heterocycles. The number of carbonyl (C=O) groups is 1. The third kappa shape index (κ3) is 4.68. The lowest BCUT2D eigenvalue weighted by Gasteiger charge is -2.38. The van der Waals surface area contributed by atoms with Crippen molar-refractivity contribution in [2.24, 2.45) is 0 Å². The summed E-state index contributed by atoms with van der Waals surface area (Å²) in [6.45, 7) is 5.07. The van der Waals surface area contributed by atoms with Crippen molar-refractivity contribution in [1.29, 1.82) is 0 Å². The van der Waals surface area contributed by atoms with Crippen LogP contribution < -0.4 is 4.74 Å². The maximum Gasteiger partial charge on any atom is 0.410 e. The van der Waals surface area contributed by atoms with Gasteiger partial charge in [-0.25, -0.2) is 4.79 Å². The zero-order valence-corrected chi connectivity index (χ0v) is 16.2. The molecule has 1 aromatic carbocycles. The predicted octanol–water partition coefficient (Wildman–Crippen LogP) is 2.43. The second-order valence-electron chi connectivity index (χ2n) is 7.83. The van der Waals surface area contributed by atoms with E-state index < -0.39 is 0 Å². The number of likely N-dealkylation sites (tertiary alicyclic amines) is 1. The maximum atomic E-state index is 11.8. The molecule has 2 aliphatic rings. The van der Waals surface area contributed by atoms with Gasteiger partial charge < -0.3 is 19.3 Å². The molecule has 6 heteroatoms. The fourth-order valence-electron chi connectivity index (χ4n) is 3.91. The van der Waals surface area contributed by atoms with Crippen LogP contribution in [-0.4, -0.2) is 80.3 Å². The van der Waals surface area contributed by atoms with Gasteiger partial charge in [-0.05, 0) is 46.0 Å². The minimum absolute atomic E-state index is 0.198. The summed E-state index contributed by atoms with van der Waals surface area (Å²) in [5.74, 6) is 0.964. The summed E-state index contributed by atoms with van der Waals surface area (Å²) in [7, 11) is 5.97. The standard InChI is InChI=1S/C20H31N3O3/c1-21(2)11-7-13-25-18-9-5-4-8-17(18)14-23-12-6-10-20(16-23)15-22(3)19(24)26-20/h4-5,8-9H,6-7,10-16H2,1-3H3/t20-/m1/s1. The van der Waals surface area contributed by atoms with Crippen molar-refractivity contribution in [2.45, 2.75) is 31.4 Å². The first-order valence-corrected chi connectivity index (χ1v) is 9.49. The second-order valence-corrected chi connectivity index (χ2v) is 7.83. The van der Waals surface area contributed by atoms with Gasteiger partial charge in [0.1, 0.15) is 11.4 Å². The number of hydrogen-bond acceptors (Lipinski definition) is 5. The molecule has 0 saturated carbocycles. The number of hydrogen-bond donors (Lipinski definition) is 0. The van der Waals surface area contributed by atoms with E-state index in [1.54, 1.807) is 4.90 Å². The molecule has 0 N–H and O–H groups in total. The van der Waals surface area contributed by atoms with E-state index in [0.29, 0.717) is 6.54 Å². The van der Waals surface area contributed by atoms with Gasteiger partial charge >= 0.3 is 6.09 Å². The molecule has 2 heterocycles. The van der Waals surface area contributed by atoms with E-state index in [1.807, 2.05) is 19.2 Å². The van der Waals surface area contributed by atoms with Crippen molar-refractivity contribution in [1.82, 2.24) is 14.7 Å². The molecule has 1 amide bonds. The Bertz CT molecular complexity index is 622. The quantitative estimate of drug-likeness (QED) is 0.698. The topological polar surface area (TPSA) is 45.2 Å². The molecule has 0 aliphatic carbocycles. The average Bonchev–Trinajstić information content (AvgIpc) is 2.86. The molecule has 0 bridgehead atoms. The molecular weight excluding hydrogens is 330 g/mol. The van der Waals surface area contributed by atoms with E-state index in [-0.39, 0.29) is 11.7 Å². The number of ether oxygens (including phenoxy) is 2. The zero-order valence-electron chi connectivity index (χ0n) is 16.2. The van der Waals surface area contributed by atoms with E-state index in [0.717, 1.165) is 57.8 Å². The number of likely N-dealkylation sites (N-methyl/N-ethyl adjacent to an activating group) is 1. The first-order chi connectivity index (χ1) is 12.5. The van der Waals surface area contributed by atoms with Crippen LogP contribution in [0.2, 0.25) is 0 Å². The number of rotatable bonds is 7. The molecule has 0 radical (unpaired) electrons. The Hall–Kier alpha value is -1.79. The highest BCUT2D eigenvalue weighted by Gasteiger charge is 2.46. The highest BCUT2D eigenvalue weighted by molar-refractivity contribution is 5.70. The summed E-state index contributed by atoms with van der Waals surface area (Å²) >= 11 is 0. The fraction of sp³-hybridized carbons (Fsp3) is 0.650. The maximum absolute atomic E-state index is 11.8. The smallest absolute Gasteiger partial charge is 0.410 e. The van der Waals surface area contributed by atoms with Crippen molar-refractivity contribution >= 4 is 6.09 Å². The molecule has 2 fully saturated rings. The Morgan fingerprint density at radius 3 is 2.81 bits per heavy atom. The number of amides is 1. The lowest BCUT2D eigenvalue weighted by molar-refractivity contribution is -0.0115. The van der Waals surface area contributed by atoms with Crippen LogP contribution in [-0.2, 0) is 11.3 Å². The third-order valence-corrected chi connectivity index (χ3v) is 5.13. The summed E-state index contributed by atoms with van der Waals surface area (Å²) in [6, 6.07) is 8.27. The van der Waals surface area contributed by atoms with Gasteiger partial charge in [0.15, 0.2) is 0 Å². The van der Waals surface area contributed by atoms with Gasteiger partial charge in [0.2, 0.25) is 0 Å². The minimum atomic E-state index is -0.342. The zero-order chi connectivity index (χ0) is 18.6. The van der Waals surface area contributed by atoms with Gasteiger partial charge in [0.25, 0.3) is 0 Å². The molecule has 1 aromatic rings. The lowest BCUT2D eigenvalue weighted by atomic mass is 9.92. The molecule has 26 heavy (non-hydrogen) atoms. The van der Waals surface area contributed by atoms with Gasteiger partial charge in [-0.15, -0.1) is 0 Å². The molecule has 2 aliphatic heterocycles. The summed E-state index contributed by atoms with van der Waals surface area (Å²) in [5, 5.41) is 0. The van der Waals surface area contributed by atoms with E-state index in [4.69, 9.17) is 9.47 Å². The Kier molecular flexibility index (Phi) is 6.04. The monoisotopic (exact) mass is 361 g/mol. The number of benzene rings is 1. The largest absolute Gasteiger partial charge is 0.493 e. The summed E-state index contributed by atoms with van der Waals surface area (Å²) in [6.07, 6.45) is 2.81. The summed E-state index contributed by atoms with van der Waals surface area (Å²) < 4.78 is 11.7. The molecule has 0 unspecified atom stereocenters. The van der Waals surface area contributed by atoms with Crippen molar-refractivity contribution in [3.8, 4) is 5.75 Å². The van der Waals surface area contributed by atoms with Gasteiger partial charge in [-0.3, -0.25) is 4.90 Å². The summed E-state index contributed by atoms with van der Waals surface area (Å²) in [4.78, 5) is 18.1. The van der Waals surface area contributed by atoms with Gasteiger partial charge in [0.05, 0.1) is 13.2 Å². The number of nitrogens with zero attached hydrogens (tertiary/aromatic N) is 3. The SMILES string of the molecule is CN(C)CCCOc1ccccc1CN1CCC[C@]2(C1)CN(C)C(=O)O2. The normalized spacial score (nSPS) is 23.7. The van der Waals surface area contributed by atoms with E-state index in [2.05, 4.69) is 36.0 Å². The lowest BCUT2D eigenvalue weighted by Crippen LogP contribution is -2.50. The van der Waals surface area contributed by atoms with Gasteiger partial charge in [-0.2, -0.15) is 0 Å². The van der Waals surface area contributed by atoms with Gasteiger partial charge in [0, 0.05) is 32.2 Å². The van der Waals surface area contributed by atoms with Crippen molar-refractivity contribution in [3.05, 3.63) is 29.8 Å². The fourth-order valence-corrected chi connectivity index (χ4v) is 3.91. The van der Waals surface area contributed by atoms with Gasteiger partial charge in [-0.1, -0.05) is 18.2 Å². The van der Waals surface area contributed by atoms with Crippen LogP contribution in [0.15, 0.2) is 24.3 Å². The Balaban J connectivity index is 1.59. The first kappa shape index (κ1) is 19.0. The highest BCUT2D eigenvalue weighted by Crippen LogP contribution is 2.32. The van der Waals surface area contributed by atoms with Crippen molar-refractivity contribution in [2.75, 3.05) is 53.9 Å². The van der Waals surface area contributed by atoms with Crippen molar-refractivity contribution in [3.63, 3.8) is 0 Å². The predicted molar refractivity (Wildman–Crippen MR) is 101 cm³/mol. The molecule has 2 saturated heterocycles. The van der Waals surface area contributed by atoms with Crippen LogP contribution in [0.1, 0.15) is 24.8 Å². The molecule has 144 valence electrons. The van der Waals surface area contributed by atoms with E-state index >= 15 is 0 Å². The van der Waals surface area contributed by atoms with Crippen LogP contribution in [0.3, 0.4) is 0 Å². The first-order valence-electron chi connectivity index (χ1n) is 9.49. The van der Waals surface area contributed by atoms with Crippen LogP contribution in [0.4, 0.5) is 4.79 Å². The molecule has 3 rings (SSSR count). The minimum Gasteiger partial charge on any atom is -0.493 e. The van der Waals surface area contributed by atoms with Crippen LogP contribution in [0.5, 0.6) is 5.75 Å². The molecular formula is C20H31N3O3. The average molecular weight is 361 g/mol. The Morgan fingerprint density at radius 2 is 2.08 bits per heavy atom. The van der Waals surface area contributed by atoms with E-state index in [9.17, 15) is 4.79 Å². The van der Waals surface area contributed by atoms with Crippen LogP contribution >= 0.6 is 0 Å². The molecule has 1 spiro atoms. The number of para-hydroxylation sites is 1. The molecule has 1 atom stereocenters. The van der Waals surface area contributed by atoms with Crippen LogP contribution in [0, 0.1) is 0 Å². The Morgan fingerprint density at radius 1 is 1.27 bits per heavy atom. The molecule has 6 nitrogen and oxygen atoms in total. The Labute approximate surface area is 156 Å². The van der Waals surface area contributed by atoms with Crippen LogP contribution in [0.25, 0.3) is 0 Å². The van der Waals surface area contributed by atoms with E-state index in [1.165, 1.54) is 5.56 Å².